The fraction of sp³-hybridized carbons (Fsp3) is 0.562. The number of benzene rings is 1. The van der Waals surface area contributed by atoms with E-state index in [2.05, 4.69) is 35.1 Å². The molecule has 20 heavy (non-hydrogen) atoms. The third kappa shape index (κ3) is 3.35. The number of rotatable bonds is 3. The molecule has 1 amide bonds. The maximum Gasteiger partial charge on any atom is 0.252 e. The minimum absolute atomic E-state index is 0.0262. The number of nitrogen functional groups attached to an aromatic ring is 1. The maximum atomic E-state index is 12.5. The Bertz CT molecular complexity index is 487. The van der Waals surface area contributed by atoms with Crippen LogP contribution in [0.2, 0.25) is 0 Å². The third-order valence-corrected chi connectivity index (χ3v) is 5.15. The van der Waals surface area contributed by atoms with Gasteiger partial charge in [0.2, 0.25) is 0 Å². The van der Waals surface area contributed by atoms with Crippen molar-refractivity contribution in [3.05, 3.63) is 28.2 Å². The zero-order valence-electron chi connectivity index (χ0n) is 12.2. The highest BCUT2D eigenvalue weighted by Gasteiger charge is 2.29. The van der Waals surface area contributed by atoms with E-state index in [1.807, 2.05) is 12.1 Å². The van der Waals surface area contributed by atoms with Gasteiger partial charge in [0, 0.05) is 11.7 Å². The van der Waals surface area contributed by atoms with E-state index >= 15 is 0 Å². The van der Waals surface area contributed by atoms with Gasteiger partial charge in [0.25, 0.3) is 5.91 Å². The summed E-state index contributed by atoms with van der Waals surface area (Å²) in [5.74, 6) is 1.15. The standard InChI is InChI=1S/C16H23BrN2O/c1-10(2)11-6-3-4-9-14(11)19-16(20)12-7-5-8-13(18)15(12)17/h5,7-8,10-11,14H,3-4,6,9,18H2,1-2H3,(H,19,20). The molecule has 2 unspecified atom stereocenters. The molecule has 0 heterocycles. The summed E-state index contributed by atoms with van der Waals surface area (Å²) in [4.78, 5) is 12.5. The molecule has 0 bridgehead atoms. The van der Waals surface area contributed by atoms with Gasteiger partial charge in [-0.25, -0.2) is 0 Å². The normalized spacial score (nSPS) is 22.8. The van der Waals surface area contributed by atoms with E-state index in [1.165, 1.54) is 19.3 Å². The van der Waals surface area contributed by atoms with Crippen LogP contribution in [0.4, 0.5) is 5.69 Å². The van der Waals surface area contributed by atoms with Crippen LogP contribution >= 0.6 is 15.9 Å². The van der Waals surface area contributed by atoms with Gasteiger partial charge in [0.05, 0.1) is 10.0 Å². The second kappa shape index (κ2) is 6.61. The van der Waals surface area contributed by atoms with Crippen molar-refractivity contribution < 1.29 is 4.79 Å². The van der Waals surface area contributed by atoms with Crippen molar-refractivity contribution in [1.29, 1.82) is 0 Å². The van der Waals surface area contributed by atoms with Crippen LogP contribution in [-0.2, 0) is 0 Å². The smallest absolute Gasteiger partial charge is 0.252 e. The van der Waals surface area contributed by atoms with Crippen molar-refractivity contribution in [2.75, 3.05) is 5.73 Å². The number of amides is 1. The molecule has 3 nitrogen and oxygen atoms in total. The van der Waals surface area contributed by atoms with Crippen LogP contribution < -0.4 is 11.1 Å². The molecule has 0 spiro atoms. The number of hydrogen-bond donors (Lipinski definition) is 2. The average Bonchev–Trinajstić information content (AvgIpc) is 2.42. The summed E-state index contributed by atoms with van der Waals surface area (Å²) in [6.45, 7) is 4.48. The first kappa shape index (κ1) is 15.4. The molecular weight excluding hydrogens is 316 g/mol. The lowest BCUT2D eigenvalue weighted by molar-refractivity contribution is 0.0888. The lowest BCUT2D eigenvalue weighted by Gasteiger charge is -2.35. The summed E-state index contributed by atoms with van der Waals surface area (Å²) in [5.41, 5.74) is 7.06. The van der Waals surface area contributed by atoms with Gasteiger partial charge < -0.3 is 11.1 Å². The Kier molecular flexibility index (Phi) is 5.08. The van der Waals surface area contributed by atoms with Crippen LogP contribution in [0.1, 0.15) is 49.9 Å². The van der Waals surface area contributed by atoms with E-state index in [0.29, 0.717) is 27.6 Å². The molecule has 0 radical (unpaired) electrons. The lowest BCUT2D eigenvalue weighted by atomic mass is 9.78. The molecule has 2 atom stereocenters. The lowest BCUT2D eigenvalue weighted by Crippen LogP contribution is -2.44. The monoisotopic (exact) mass is 338 g/mol. The second-order valence-electron chi connectivity index (χ2n) is 5.98. The highest BCUT2D eigenvalue weighted by atomic mass is 79.9. The first-order valence-corrected chi connectivity index (χ1v) is 8.15. The number of carbonyl (C=O) groups excluding carboxylic acids is 1. The summed E-state index contributed by atoms with van der Waals surface area (Å²) in [5, 5.41) is 3.21. The Morgan fingerprint density at radius 1 is 1.35 bits per heavy atom. The molecule has 1 saturated carbocycles. The first-order chi connectivity index (χ1) is 9.50. The molecule has 1 fully saturated rings. The molecule has 0 saturated heterocycles. The number of anilines is 1. The summed E-state index contributed by atoms with van der Waals surface area (Å²) < 4.78 is 0.689. The van der Waals surface area contributed by atoms with Crippen LogP contribution in [0.15, 0.2) is 22.7 Å². The second-order valence-corrected chi connectivity index (χ2v) is 6.77. The Hall–Kier alpha value is -1.03. The quantitative estimate of drug-likeness (QED) is 0.819. The van der Waals surface area contributed by atoms with Crippen LogP contribution in [0, 0.1) is 11.8 Å². The molecule has 110 valence electrons. The van der Waals surface area contributed by atoms with Gasteiger partial charge in [-0.1, -0.05) is 32.8 Å². The van der Waals surface area contributed by atoms with Crippen LogP contribution in [0.3, 0.4) is 0 Å². The highest BCUT2D eigenvalue weighted by Crippen LogP contribution is 2.31. The van der Waals surface area contributed by atoms with E-state index < -0.39 is 0 Å². The fourth-order valence-electron chi connectivity index (χ4n) is 3.11. The number of hydrogen-bond acceptors (Lipinski definition) is 2. The molecule has 3 N–H and O–H groups in total. The zero-order valence-corrected chi connectivity index (χ0v) is 13.7. The Morgan fingerprint density at radius 2 is 2.05 bits per heavy atom. The van der Waals surface area contributed by atoms with Crippen molar-refractivity contribution in [2.45, 2.75) is 45.6 Å². The van der Waals surface area contributed by atoms with Gasteiger partial charge in [0.1, 0.15) is 0 Å². The fourth-order valence-corrected chi connectivity index (χ4v) is 3.55. The van der Waals surface area contributed by atoms with Crippen molar-refractivity contribution in [1.82, 2.24) is 5.32 Å². The van der Waals surface area contributed by atoms with Crippen LogP contribution in [0.25, 0.3) is 0 Å². The SMILES string of the molecule is CC(C)C1CCCCC1NC(=O)c1cccc(N)c1Br. The summed E-state index contributed by atoms with van der Waals surface area (Å²) in [7, 11) is 0. The molecule has 1 aliphatic carbocycles. The van der Waals surface area contributed by atoms with Crippen molar-refractivity contribution in [3.63, 3.8) is 0 Å². The highest BCUT2D eigenvalue weighted by molar-refractivity contribution is 9.10. The zero-order chi connectivity index (χ0) is 14.7. The first-order valence-electron chi connectivity index (χ1n) is 7.35. The van der Waals surface area contributed by atoms with Crippen LogP contribution in [-0.4, -0.2) is 11.9 Å². The minimum atomic E-state index is -0.0262. The topological polar surface area (TPSA) is 55.1 Å². The maximum absolute atomic E-state index is 12.5. The minimum Gasteiger partial charge on any atom is -0.398 e. The van der Waals surface area contributed by atoms with Crippen molar-refractivity contribution >= 4 is 27.5 Å². The van der Waals surface area contributed by atoms with Gasteiger partial charge in [-0.3, -0.25) is 4.79 Å². The molecule has 2 rings (SSSR count). The molecular formula is C16H23BrN2O. The molecule has 4 heteroatoms. The molecule has 1 aliphatic rings. The average molecular weight is 339 g/mol. The van der Waals surface area contributed by atoms with Crippen LogP contribution in [0.5, 0.6) is 0 Å². The summed E-state index contributed by atoms with van der Waals surface area (Å²) in [6.07, 6.45) is 4.76. The van der Waals surface area contributed by atoms with Gasteiger partial charge in [0.15, 0.2) is 0 Å². The Morgan fingerprint density at radius 3 is 2.75 bits per heavy atom. The number of carbonyl (C=O) groups is 1. The van der Waals surface area contributed by atoms with E-state index in [1.54, 1.807) is 6.07 Å². The van der Waals surface area contributed by atoms with E-state index in [-0.39, 0.29) is 11.9 Å². The van der Waals surface area contributed by atoms with E-state index in [9.17, 15) is 4.79 Å². The van der Waals surface area contributed by atoms with Gasteiger partial charge in [-0.15, -0.1) is 0 Å². The number of halogens is 1. The Labute approximate surface area is 129 Å². The van der Waals surface area contributed by atoms with E-state index in [4.69, 9.17) is 5.73 Å². The predicted molar refractivity (Wildman–Crippen MR) is 86.6 cm³/mol. The number of nitrogens with two attached hydrogens (primary N) is 1. The van der Waals surface area contributed by atoms with Crippen molar-refractivity contribution in [3.8, 4) is 0 Å². The largest absolute Gasteiger partial charge is 0.398 e. The molecule has 1 aromatic rings. The molecule has 0 aromatic heterocycles. The van der Waals surface area contributed by atoms with Gasteiger partial charge >= 0.3 is 0 Å². The third-order valence-electron chi connectivity index (χ3n) is 4.27. The number of nitrogens with one attached hydrogen (secondary N) is 1. The Balaban J connectivity index is 2.12. The summed E-state index contributed by atoms with van der Waals surface area (Å²) >= 11 is 3.40. The summed E-state index contributed by atoms with van der Waals surface area (Å²) in [6, 6.07) is 5.70. The van der Waals surface area contributed by atoms with Crippen molar-refractivity contribution in [2.24, 2.45) is 11.8 Å². The van der Waals surface area contributed by atoms with Gasteiger partial charge in [-0.2, -0.15) is 0 Å². The van der Waals surface area contributed by atoms with Gasteiger partial charge in [-0.05, 0) is 52.7 Å². The van der Waals surface area contributed by atoms with E-state index in [0.717, 1.165) is 6.42 Å². The molecule has 0 aliphatic heterocycles. The molecule has 1 aromatic carbocycles. The predicted octanol–water partition coefficient (Wildman–Crippen LogP) is 3.98.